The fourth-order valence-electron chi connectivity index (χ4n) is 7.42. The molecule has 0 fully saturated rings. The Bertz CT molecular complexity index is 3020. The van der Waals surface area contributed by atoms with Gasteiger partial charge in [-0.15, -0.1) is 22.1 Å². The van der Waals surface area contributed by atoms with E-state index in [4.69, 9.17) is 19.9 Å². The smallest absolute Gasteiger partial charge is 0.657 e. The van der Waals surface area contributed by atoms with Crippen molar-refractivity contribution in [2.24, 2.45) is 0 Å². The van der Waals surface area contributed by atoms with Crippen LogP contribution < -0.4 is 9.97 Å². The van der Waals surface area contributed by atoms with E-state index < -0.39 is 0 Å². The Morgan fingerprint density at radius 2 is 0.776 bits per heavy atom. The summed E-state index contributed by atoms with van der Waals surface area (Å²) in [5.74, 6) is 0. The number of rotatable bonds is 5. The molecule has 4 aromatic carbocycles. The minimum Gasteiger partial charge on any atom is -0.657 e. The summed E-state index contributed by atoms with van der Waals surface area (Å²) in [6, 6.07) is 40.5. The number of fused-ring (bicyclic) bond motifs is 8. The first-order valence-corrected chi connectivity index (χ1v) is 20.0. The second-order valence-electron chi connectivity index (χ2n) is 14.5. The fourth-order valence-corrected chi connectivity index (χ4v) is 8.36. The Balaban J connectivity index is 0.00000469. The van der Waals surface area contributed by atoms with Gasteiger partial charge in [-0.05, 0) is 104 Å². The van der Waals surface area contributed by atoms with Crippen LogP contribution in [0.4, 0.5) is 0 Å². The van der Waals surface area contributed by atoms with Crippen LogP contribution in [0.15, 0.2) is 121 Å². The van der Waals surface area contributed by atoms with Crippen LogP contribution in [0.1, 0.15) is 45.0 Å². The normalized spacial score (nSPS) is 12.3. The minimum absolute atomic E-state index is 0. The van der Waals surface area contributed by atoms with Crippen molar-refractivity contribution >= 4 is 74.7 Å². The molecule has 0 N–H and O–H groups in total. The molecule has 0 spiro atoms. The second-order valence-corrected chi connectivity index (χ2v) is 16.1. The van der Waals surface area contributed by atoms with Gasteiger partial charge in [0.05, 0.1) is 31.0 Å². The van der Waals surface area contributed by atoms with Crippen molar-refractivity contribution in [2.75, 3.05) is 0 Å². The summed E-state index contributed by atoms with van der Waals surface area (Å²) >= 11 is 7.90. The van der Waals surface area contributed by atoms with Crippen molar-refractivity contribution in [1.29, 1.82) is 0 Å². The number of halogens is 2. The molecule has 5 heterocycles. The Labute approximate surface area is 362 Å². The molecule has 2 aliphatic rings. The van der Waals surface area contributed by atoms with Gasteiger partial charge in [-0.1, -0.05) is 144 Å². The predicted molar refractivity (Wildman–Crippen MR) is 239 cm³/mol. The van der Waals surface area contributed by atoms with Gasteiger partial charge < -0.3 is 9.97 Å². The third kappa shape index (κ3) is 7.00. The third-order valence-corrected chi connectivity index (χ3v) is 12.5. The van der Waals surface area contributed by atoms with E-state index in [2.05, 4.69) is 94.2 Å². The summed E-state index contributed by atoms with van der Waals surface area (Å²) < 4.78 is 1.55. The largest absolute Gasteiger partial charge is 2.00 e. The molecular weight excluding hydrogens is 897 g/mol. The van der Waals surface area contributed by atoms with Crippen molar-refractivity contribution < 1.29 is 21.4 Å². The van der Waals surface area contributed by atoms with Crippen molar-refractivity contribution in [3.63, 3.8) is 0 Å². The fraction of sp³-hybridized carbons (Fsp3) is 0.0833. The molecule has 0 amide bonds. The van der Waals surface area contributed by atoms with Crippen LogP contribution in [0.25, 0.3) is 87.3 Å². The molecule has 0 saturated carbocycles. The van der Waals surface area contributed by atoms with E-state index in [0.29, 0.717) is 50.3 Å². The number of nitro groups is 1. The van der Waals surface area contributed by atoms with Gasteiger partial charge in [0, 0.05) is 6.08 Å². The standard InChI is InChI=1S/C48H33Br2N5O2.Ni/c1-26-5-13-30(14-6-26)40-34-21-22-36(51-34)42(32-17-9-28(3)10-18-32)47-44(49)45(50)48(54-47)43(33-19-11-29(4)12-20-33)37-24-23-35(52-37)41(31-15-7-27(2)8-16-31)46-39(55(56)57)25-38(40)53-46;/h5-25H,1-4H3;/q-2;+2. The molecule has 7 aromatic rings. The third-order valence-electron chi connectivity index (χ3n) is 10.4. The van der Waals surface area contributed by atoms with Gasteiger partial charge in [-0.2, -0.15) is 0 Å². The molecule has 0 saturated heterocycles. The van der Waals surface area contributed by atoms with Crippen molar-refractivity contribution in [2.45, 2.75) is 27.7 Å². The Morgan fingerprint density at radius 3 is 1.12 bits per heavy atom. The molecular formula is C48H33Br2N5NiO2. The Hall–Kier alpha value is -5.67. The van der Waals surface area contributed by atoms with E-state index in [1.54, 1.807) is 6.08 Å². The first kappa shape index (κ1) is 39.2. The van der Waals surface area contributed by atoms with Crippen LogP contribution in [0, 0.1) is 37.8 Å². The van der Waals surface area contributed by atoms with Gasteiger partial charge in [-0.3, -0.25) is 10.1 Å². The van der Waals surface area contributed by atoms with Gasteiger partial charge in [0.25, 0.3) is 5.70 Å². The monoisotopic (exact) mass is 927 g/mol. The molecule has 0 atom stereocenters. The van der Waals surface area contributed by atoms with Gasteiger partial charge in [-0.25, -0.2) is 9.97 Å². The SMILES string of the molecule is Cc1ccc(-c2c3nc(c(-c4ccc(C)cc4)c4ccc([n-]4)c(-c4ccc(C)cc4)c4nc(c(-c5ccc(C)cc5)c5ccc2[n-]5)C(Br)=C4Br)C([N+](=O)[O-])=C3)cc1.[Ni+2]. The Kier molecular flexibility index (Phi) is 10.5. The predicted octanol–water partition coefficient (Wildman–Crippen LogP) is 12.9. The van der Waals surface area contributed by atoms with Crippen LogP contribution in [-0.4, -0.2) is 14.9 Å². The summed E-state index contributed by atoms with van der Waals surface area (Å²) in [7, 11) is 0. The first-order valence-electron chi connectivity index (χ1n) is 18.4. The average molecular weight is 930 g/mol. The number of hydrogen-bond acceptors (Lipinski definition) is 4. The number of aromatic nitrogens is 4. The molecule has 58 heavy (non-hydrogen) atoms. The van der Waals surface area contributed by atoms with Crippen LogP contribution >= 0.6 is 31.9 Å². The number of aryl methyl sites for hydroxylation is 4. The van der Waals surface area contributed by atoms with E-state index in [1.165, 1.54) is 0 Å². The van der Waals surface area contributed by atoms with Crippen LogP contribution in [0.2, 0.25) is 0 Å². The van der Waals surface area contributed by atoms with Crippen molar-refractivity contribution in [1.82, 2.24) is 19.9 Å². The number of benzene rings is 4. The average Bonchev–Trinajstić information content (AvgIpc) is 4.02. The number of nitrogens with zero attached hydrogens (tertiary/aromatic N) is 5. The second kappa shape index (κ2) is 15.6. The molecule has 10 heteroatoms. The summed E-state index contributed by atoms with van der Waals surface area (Å²) in [4.78, 5) is 33.9. The number of hydrogen-bond donors (Lipinski definition) is 0. The molecule has 3 aromatic heterocycles. The van der Waals surface area contributed by atoms with E-state index in [1.807, 2.05) is 86.6 Å². The maximum absolute atomic E-state index is 13.1. The van der Waals surface area contributed by atoms with Gasteiger partial charge >= 0.3 is 16.5 Å². The molecule has 7 nitrogen and oxygen atoms in total. The molecule has 286 valence electrons. The van der Waals surface area contributed by atoms with Gasteiger partial charge in [0.2, 0.25) is 0 Å². The van der Waals surface area contributed by atoms with Crippen molar-refractivity contribution in [3.05, 3.63) is 176 Å². The van der Waals surface area contributed by atoms with Gasteiger partial charge in [0.15, 0.2) is 0 Å². The zero-order valence-corrected chi connectivity index (χ0v) is 35.9. The quantitative estimate of drug-likeness (QED) is 0.0969. The van der Waals surface area contributed by atoms with E-state index >= 15 is 0 Å². The molecule has 9 rings (SSSR count). The van der Waals surface area contributed by atoms with Crippen molar-refractivity contribution in [3.8, 4) is 44.5 Å². The van der Waals surface area contributed by atoms with Crippen LogP contribution in [0.3, 0.4) is 0 Å². The van der Waals surface area contributed by atoms with E-state index in [0.717, 1.165) is 64.6 Å². The first-order chi connectivity index (χ1) is 27.5. The topological polar surface area (TPSA) is 97.1 Å². The maximum atomic E-state index is 13.1. The molecule has 0 aliphatic carbocycles. The summed E-state index contributed by atoms with van der Waals surface area (Å²) in [6.45, 7) is 8.16. The molecule has 2 aliphatic heterocycles. The zero-order valence-electron chi connectivity index (χ0n) is 31.7. The summed E-state index contributed by atoms with van der Waals surface area (Å²) in [6.07, 6.45) is 1.57. The molecule has 0 radical (unpaired) electrons. The Morgan fingerprint density at radius 1 is 0.466 bits per heavy atom. The molecule has 8 bridgehead atoms. The maximum Gasteiger partial charge on any atom is 2.00 e. The zero-order chi connectivity index (χ0) is 39.5. The van der Waals surface area contributed by atoms with Gasteiger partial charge in [0.1, 0.15) is 5.69 Å². The minimum atomic E-state index is -0.356. The summed E-state index contributed by atoms with van der Waals surface area (Å²) in [5, 5.41) is 13.1. The summed E-state index contributed by atoms with van der Waals surface area (Å²) in [5.41, 5.74) is 15.2. The van der Waals surface area contributed by atoms with Crippen LogP contribution in [0.5, 0.6) is 0 Å². The molecule has 0 unspecified atom stereocenters. The van der Waals surface area contributed by atoms with E-state index in [-0.39, 0.29) is 32.8 Å². The van der Waals surface area contributed by atoms with E-state index in [9.17, 15) is 10.1 Å². The van der Waals surface area contributed by atoms with Crippen LogP contribution in [-0.2, 0) is 16.5 Å².